The molecular weight excluding hydrogens is 308 g/mol. The number of benzene rings is 1. The standard InChI is InChI=1S/C12H8ClF2N3O3/c1-2-6-11(13)16-5-17-12(6)21-10-4-7(14)9(18(19)20)3-8(10)15/h3-5H,2H2,1H3. The van der Waals surface area contributed by atoms with Crippen molar-refractivity contribution >= 4 is 17.3 Å². The number of ether oxygens (including phenoxy) is 1. The topological polar surface area (TPSA) is 78.2 Å². The van der Waals surface area contributed by atoms with Crippen LogP contribution >= 0.6 is 11.6 Å². The Morgan fingerprint density at radius 2 is 2.05 bits per heavy atom. The second-order valence-electron chi connectivity index (χ2n) is 3.89. The predicted octanol–water partition coefficient (Wildman–Crippen LogP) is 3.67. The van der Waals surface area contributed by atoms with Gasteiger partial charge in [-0.3, -0.25) is 10.1 Å². The number of hydrogen-bond donors (Lipinski definition) is 0. The summed E-state index contributed by atoms with van der Waals surface area (Å²) in [7, 11) is 0. The number of rotatable bonds is 4. The average Bonchev–Trinajstić information content (AvgIpc) is 2.42. The molecule has 2 aromatic rings. The number of nitro groups is 1. The molecule has 21 heavy (non-hydrogen) atoms. The molecule has 1 heterocycles. The molecule has 1 aromatic carbocycles. The molecule has 0 fully saturated rings. The molecule has 6 nitrogen and oxygen atoms in total. The van der Waals surface area contributed by atoms with Crippen LogP contribution in [0.3, 0.4) is 0 Å². The maximum atomic E-state index is 13.7. The van der Waals surface area contributed by atoms with Crippen molar-refractivity contribution in [2.45, 2.75) is 13.3 Å². The van der Waals surface area contributed by atoms with E-state index in [1.54, 1.807) is 6.92 Å². The van der Waals surface area contributed by atoms with Crippen molar-refractivity contribution in [3.63, 3.8) is 0 Å². The minimum absolute atomic E-state index is 0.0374. The Labute approximate surface area is 122 Å². The van der Waals surface area contributed by atoms with Crippen LogP contribution in [0.4, 0.5) is 14.5 Å². The van der Waals surface area contributed by atoms with Gasteiger partial charge in [-0.15, -0.1) is 0 Å². The highest BCUT2D eigenvalue weighted by Gasteiger charge is 2.21. The third kappa shape index (κ3) is 3.05. The third-order valence-corrected chi connectivity index (χ3v) is 2.94. The number of halogens is 3. The summed E-state index contributed by atoms with van der Waals surface area (Å²) in [4.78, 5) is 17.0. The van der Waals surface area contributed by atoms with Crippen LogP contribution in [-0.2, 0) is 6.42 Å². The van der Waals surface area contributed by atoms with Crippen molar-refractivity contribution in [1.29, 1.82) is 0 Å². The average molecular weight is 316 g/mol. The minimum Gasteiger partial charge on any atom is -0.435 e. The van der Waals surface area contributed by atoms with E-state index in [1.165, 1.54) is 0 Å². The van der Waals surface area contributed by atoms with Gasteiger partial charge in [0, 0.05) is 6.07 Å². The summed E-state index contributed by atoms with van der Waals surface area (Å²) in [5.74, 6) is -2.86. The van der Waals surface area contributed by atoms with E-state index in [0.717, 1.165) is 6.33 Å². The summed E-state index contributed by atoms with van der Waals surface area (Å²) in [5, 5.41) is 10.6. The summed E-state index contributed by atoms with van der Waals surface area (Å²) in [6, 6.07) is 1.03. The van der Waals surface area contributed by atoms with Crippen LogP contribution in [0, 0.1) is 21.7 Å². The summed E-state index contributed by atoms with van der Waals surface area (Å²) in [6.45, 7) is 1.75. The van der Waals surface area contributed by atoms with Crippen LogP contribution in [0.25, 0.3) is 0 Å². The molecule has 1 aromatic heterocycles. The molecule has 2 rings (SSSR count). The number of nitrogens with zero attached hydrogens (tertiary/aromatic N) is 3. The van der Waals surface area contributed by atoms with E-state index in [1.807, 2.05) is 0 Å². The lowest BCUT2D eigenvalue weighted by Gasteiger charge is -2.10. The largest absolute Gasteiger partial charge is 0.435 e. The molecule has 0 unspecified atom stereocenters. The van der Waals surface area contributed by atoms with Crippen LogP contribution in [0.1, 0.15) is 12.5 Å². The Morgan fingerprint density at radius 3 is 2.67 bits per heavy atom. The van der Waals surface area contributed by atoms with Crippen molar-refractivity contribution in [1.82, 2.24) is 9.97 Å². The van der Waals surface area contributed by atoms with E-state index < -0.39 is 28.0 Å². The molecule has 0 amide bonds. The van der Waals surface area contributed by atoms with Crippen molar-refractivity contribution < 1.29 is 18.4 Å². The molecule has 0 aliphatic carbocycles. The SMILES string of the molecule is CCc1c(Cl)ncnc1Oc1cc(F)c([N+](=O)[O-])cc1F. The highest BCUT2D eigenvalue weighted by Crippen LogP contribution is 2.32. The van der Waals surface area contributed by atoms with Gasteiger partial charge in [0.25, 0.3) is 0 Å². The fourth-order valence-electron chi connectivity index (χ4n) is 1.60. The van der Waals surface area contributed by atoms with Gasteiger partial charge in [0.1, 0.15) is 11.5 Å². The van der Waals surface area contributed by atoms with Crippen LogP contribution in [0.15, 0.2) is 18.5 Å². The zero-order valence-electron chi connectivity index (χ0n) is 10.6. The molecule has 0 N–H and O–H groups in total. The molecule has 0 spiro atoms. The molecule has 0 aliphatic rings. The Bertz CT molecular complexity index is 712. The first-order valence-electron chi connectivity index (χ1n) is 5.74. The third-order valence-electron chi connectivity index (χ3n) is 2.61. The first-order chi connectivity index (χ1) is 9.93. The normalized spacial score (nSPS) is 10.5. The molecule has 9 heteroatoms. The molecule has 110 valence electrons. The highest BCUT2D eigenvalue weighted by atomic mass is 35.5. The maximum absolute atomic E-state index is 13.7. The van der Waals surface area contributed by atoms with E-state index in [9.17, 15) is 18.9 Å². The first-order valence-corrected chi connectivity index (χ1v) is 6.12. The van der Waals surface area contributed by atoms with E-state index in [2.05, 4.69) is 9.97 Å². The van der Waals surface area contributed by atoms with Crippen LogP contribution in [-0.4, -0.2) is 14.9 Å². The Hall–Kier alpha value is -2.35. The Morgan fingerprint density at radius 1 is 1.33 bits per heavy atom. The lowest BCUT2D eigenvalue weighted by atomic mass is 10.2. The second-order valence-corrected chi connectivity index (χ2v) is 4.25. The van der Waals surface area contributed by atoms with Gasteiger partial charge in [0.05, 0.1) is 16.6 Å². The second kappa shape index (κ2) is 5.96. The zero-order chi connectivity index (χ0) is 15.6. The fourth-order valence-corrected chi connectivity index (χ4v) is 1.86. The van der Waals surface area contributed by atoms with Gasteiger partial charge in [-0.25, -0.2) is 14.4 Å². The summed E-state index contributed by atoms with van der Waals surface area (Å²) < 4.78 is 32.4. The monoisotopic (exact) mass is 315 g/mol. The fraction of sp³-hybridized carbons (Fsp3) is 0.167. The summed E-state index contributed by atoms with van der Waals surface area (Å²) in [5.41, 5.74) is -0.561. The molecule has 0 saturated carbocycles. The molecule has 0 radical (unpaired) electrons. The Kier molecular flexibility index (Phi) is 4.27. The molecule has 0 bridgehead atoms. The number of aromatic nitrogens is 2. The minimum atomic E-state index is -1.21. The smallest absolute Gasteiger partial charge is 0.307 e. The molecule has 0 aliphatic heterocycles. The van der Waals surface area contributed by atoms with Crippen LogP contribution < -0.4 is 4.74 Å². The van der Waals surface area contributed by atoms with Gasteiger partial charge in [0.15, 0.2) is 11.6 Å². The molecular formula is C12H8ClF2N3O3. The van der Waals surface area contributed by atoms with E-state index in [0.29, 0.717) is 24.1 Å². The van der Waals surface area contributed by atoms with E-state index in [4.69, 9.17) is 16.3 Å². The van der Waals surface area contributed by atoms with Gasteiger partial charge < -0.3 is 4.74 Å². The predicted molar refractivity (Wildman–Crippen MR) is 69.5 cm³/mol. The number of nitro benzene ring substituents is 1. The van der Waals surface area contributed by atoms with Crippen LogP contribution in [0.5, 0.6) is 11.6 Å². The lowest BCUT2D eigenvalue weighted by molar-refractivity contribution is -0.387. The maximum Gasteiger partial charge on any atom is 0.307 e. The van der Waals surface area contributed by atoms with Crippen molar-refractivity contribution in [2.24, 2.45) is 0 Å². The van der Waals surface area contributed by atoms with Gasteiger partial charge >= 0.3 is 5.69 Å². The Balaban J connectivity index is 2.43. The van der Waals surface area contributed by atoms with Crippen molar-refractivity contribution in [2.75, 3.05) is 0 Å². The number of hydrogen-bond acceptors (Lipinski definition) is 5. The van der Waals surface area contributed by atoms with Gasteiger partial charge in [-0.05, 0) is 6.42 Å². The van der Waals surface area contributed by atoms with Crippen LogP contribution in [0.2, 0.25) is 5.15 Å². The van der Waals surface area contributed by atoms with Gasteiger partial charge in [0.2, 0.25) is 11.7 Å². The lowest BCUT2D eigenvalue weighted by Crippen LogP contribution is -2.00. The van der Waals surface area contributed by atoms with Gasteiger partial charge in [-0.1, -0.05) is 18.5 Å². The van der Waals surface area contributed by atoms with Gasteiger partial charge in [-0.2, -0.15) is 4.39 Å². The molecule has 0 atom stereocenters. The molecule has 0 saturated heterocycles. The quantitative estimate of drug-likeness (QED) is 0.488. The first kappa shape index (κ1) is 15.0. The zero-order valence-corrected chi connectivity index (χ0v) is 11.4. The highest BCUT2D eigenvalue weighted by molar-refractivity contribution is 6.30. The van der Waals surface area contributed by atoms with Crippen molar-refractivity contribution in [3.8, 4) is 11.6 Å². The van der Waals surface area contributed by atoms with Crippen molar-refractivity contribution in [3.05, 3.63) is 50.9 Å². The summed E-state index contributed by atoms with van der Waals surface area (Å²) in [6.07, 6.45) is 1.52. The van der Waals surface area contributed by atoms with E-state index in [-0.39, 0.29) is 11.0 Å². The summed E-state index contributed by atoms with van der Waals surface area (Å²) >= 11 is 5.85. The van der Waals surface area contributed by atoms with E-state index >= 15 is 0 Å².